The highest BCUT2D eigenvalue weighted by atomic mass is 35.5. The topological polar surface area (TPSA) is 60.3 Å². The van der Waals surface area contributed by atoms with E-state index in [1.54, 1.807) is 24.1 Å². The van der Waals surface area contributed by atoms with Crippen molar-refractivity contribution in [2.24, 2.45) is 0 Å². The summed E-state index contributed by atoms with van der Waals surface area (Å²) < 4.78 is 7.67. The van der Waals surface area contributed by atoms with E-state index < -0.39 is 0 Å². The molecule has 0 bridgehead atoms. The number of aryl methyl sites for hydroxylation is 1. The predicted octanol–water partition coefficient (Wildman–Crippen LogP) is 3.92. The molecule has 8 heteroatoms. The quantitative estimate of drug-likeness (QED) is 0.481. The van der Waals surface area contributed by atoms with Crippen LogP contribution in [-0.2, 0) is 11.3 Å². The van der Waals surface area contributed by atoms with Gasteiger partial charge in [-0.3, -0.25) is 4.79 Å². The van der Waals surface area contributed by atoms with Gasteiger partial charge in [-0.15, -0.1) is 10.2 Å². The summed E-state index contributed by atoms with van der Waals surface area (Å²) in [7, 11) is 1.77. The molecule has 0 fully saturated rings. The molecule has 0 radical (unpaired) electrons. The molecular formula is C21H23ClN4O2S. The lowest BCUT2D eigenvalue weighted by atomic mass is 10.2. The van der Waals surface area contributed by atoms with Gasteiger partial charge in [0.2, 0.25) is 5.91 Å². The zero-order chi connectivity index (χ0) is 20.6. The molecule has 0 aliphatic rings. The molecule has 0 atom stereocenters. The number of aromatic nitrogens is 3. The van der Waals surface area contributed by atoms with Crippen LogP contribution < -0.4 is 4.74 Å². The van der Waals surface area contributed by atoms with Crippen molar-refractivity contribution in [3.8, 4) is 5.75 Å². The van der Waals surface area contributed by atoms with E-state index in [2.05, 4.69) is 22.3 Å². The van der Waals surface area contributed by atoms with Crippen LogP contribution in [0, 0.1) is 6.92 Å². The van der Waals surface area contributed by atoms with E-state index in [1.807, 2.05) is 41.8 Å². The predicted molar refractivity (Wildman–Crippen MR) is 116 cm³/mol. The number of rotatable bonds is 9. The number of halogens is 1. The first-order valence-electron chi connectivity index (χ1n) is 9.22. The normalized spacial score (nSPS) is 10.7. The maximum Gasteiger partial charge on any atom is 0.232 e. The first-order chi connectivity index (χ1) is 14.0. The van der Waals surface area contributed by atoms with Crippen LogP contribution in [0.1, 0.15) is 11.4 Å². The van der Waals surface area contributed by atoms with E-state index in [-0.39, 0.29) is 5.91 Å². The molecule has 3 rings (SSSR count). The van der Waals surface area contributed by atoms with E-state index in [1.165, 1.54) is 17.3 Å². The molecule has 0 aliphatic heterocycles. The Kier molecular flexibility index (Phi) is 7.55. The molecule has 0 unspecified atom stereocenters. The van der Waals surface area contributed by atoms with Gasteiger partial charge in [-0.25, -0.2) is 0 Å². The number of hydrogen-bond acceptors (Lipinski definition) is 5. The van der Waals surface area contributed by atoms with Gasteiger partial charge in [-0.2, -0.15) is 0 Å². The molecule has 3 aromatic rings. The molecule has 0 aliphatic carbocycles. The van der Waals surface area contributed by atoms with Crippen molar-refractivity contribution in [2.75, 3.05) is 26.0 Å². The third-order valence-electron chi connectivity index (χ3n) is 4.33. The van der Waals surface area contributed by atoms with E-state index in [9.17, 15) is 4.79 Å². The molecule has 0 N–H and O–H groups in total. The molecule has 1 aromatic heterocycles. The summed E-state index contributed by atoms with van der Waals surface area (Å²) in [5.74, 6) is 1.82. The standard InChI is InChI=1S/C21H23ClN4O2S/c1-16-23-24-21(26(16)14-17-7-4-3-5-8-17)29-15-20(27)25(2)11-12-28-19-10-6-9-18(22)13-19/h3-10,13H,11-12,14-15H2,1-2H3. The lowest BCUT2D eigenvalue weighted by Gasteiger charge is -2.17. The molecule has 152 valence electrons. The maximum atomic E-state index is 12.5. The van der Waals surface area contributed by atoms with Crippen LogP contribution >= 0.6 is 23.4 Å². The monoisotopic (exact) mass is 430 g/mol. The number of thioether (sulfide) groups is 1. The van der Waals surface area contributed by atoms with Crippen LogP contribution in [0.15, 0.2) is 59.8 Å². The Morgan fingerprint density at radius 3 is 2.72 bits per heavy atom. The van der Waals surface area contributed by atoms with Gasteiger partial charge in [-0.05, 0) is 30.7 Å². The molecule has 0 saturated carbocycles. The number of hydrogen-bond donors (Lipinski definition) is 0. The summed E-state index contributed by atoms with van der Waals surface area (Å²) in [6.45, 7) is 3.48. The number of nitrogens with zero attached hydrogens (tertiary/aromatic N) is 4. The average Bonchev–Trinajstić information content (AvgIpc) is 3.06. The van der Waals surface area contributed by atoms with Crippen LogP contribution in [0.4, 0.5) is 0 Å². The number of benzene rings is 2. The summed E-state index contributed by atoms with van der Waals surface area (Å²) in [6.07, 6.45) is 0. The fourth-order valence-electron chi connectivity index (χ4n) is 2.63. The van der Waals surface area contributed by atoms with E-state index >= 15 is 0 Å². The second-order valence-electron chi connectivity index (χ2n) is 6.51. The van der Waals surface area contributed by atoms with Gasteiger partial charge < -0.3 is 14.2 Å². The van der Waals surface area contributed by atoms with Crippen molar-refractivity contribution in [3.63, 3.8) is 0 Å². The molecule has 1 amide bonds. The van der Waals surface area contributed by atoms with Crippen molar-refractivity contribution in [1.82, 2.24) is 19.7 Å². The number of carbonyl (C=O) groups is 1. The van der Waals surface area contributed by atoms with E-state index in [0.29, 0.717) is 36.2 Å². The minimum absolute atomic E-state index is 0.0107. The lowest BCUT2D eigenvalue weighted by Crippen LogP contribution is -2.32. The molecule has 1 heterocycles. The van der Waals surface area contributed by atoms with Crippen LogP contribution in [0.25, 0.3) is 0 Å². The molecule has 0 saturated heterocycles. The molecular weight excluding hydrogens is 408 g/mol. The number of carbonyl (C=O) groups excluding carboxylic acids is 1. The highest BCUT2D eigenvalue weighted by Crippen LogP contribution is 2.19. The third-order valence-corrected chi connectivity index (χ3v) is 5.51. The fourth-order valence-corrected chi connectivity index (χ4v) is 3.74. The smallest absolute Gasteiger partial charge is 0.232 e. The minimum Gasteiger partial charge on any atom is -0.492 e. The van der Waals surface area contributed by atoms with Crippen molar-refractivity contribution in [2.45, 2.75) is 18.6 Å². The maximum absolute atomic E-state index is 12.5. The van der Waals surface area contributed by atoms with Crippen LogP contribution in [0.2, 0.25) is 5.02 Å². The van der Waals surface area contributed by atoms with Gasteiger partial charge in [0.1, 0.15) is 18.2 Å². The van der Waals surface area contributed by atoms with Crippen molar-refractivity contribution in [1.29, 1.82) is 0 Å². The number of amides is 1. The van der Waals surface area contributed by atoms with Gasteiger partial charge >= 0.3 is 0 Å². The SMILES string of the molecule is Cc1nnc(SCC(=O)N(C)CCOc2cccc(Cl)c2)n1Cc1ccccc1. The Balaban J connectivity index is 1.48. The Bertz CT molecular complexity index is 949. The summed E-state index contributed by atoms with van der Waals surface area (Å²) in [6, 6.07) is 17.3. The Hall–Kier alpha value is -2.51. The van der Waals surface area contributed by atoms with Gasteiger partial charge in [0.05, 0.1) is 18.8 Å². The van der Waals surface area contributed by atoms with Crippen molar-refractivity contribution < 1.29 is 9.53 Å². The number of likely N-dealkylation sites (N-methyl/N-ethyl adjacent to an activating group) is 1. The van der Waals surface area contributed by atoms with Crippen molar-refractivity contribution in [3.05, 3.63) is 71.0 Å². The summed E-state index contributed by atoms with van der Waals surface area (Å²) >= 11 is 7.34. The second-order valence-corrected chi connectivity index (χ2v) is 7.89. The molecule has 2 aromatic carbocycles. The van der Waals surface area contributed by atoms with E-state index in [0.717, 1.165) is 11.0 Å². The highest BCUT2D eigenvalue weighted by molar-refractivity contribution is 7.99. The summed E-state index contributed by atoms with van der Waals surface area (Å²) in [5.41, 5.74) is 1.17. The van der Waals surface area contributed by atoms with Crippen LogP contribution in [0.3, 0.4) is 0 Å². The summed E-state index contributed by atoms with van der Waals surface area (Å²) in [5, 5.41) is 9.75. The first kappa shape index (κ1) is 21.2. The van der Waals surface area contributed by atoms with Crippen molar-refractivity contribution >= 4 is 29.3 Å². The fraction of sp³-hybridized carbons (Fsp3) is 0.286. The third kappa shape index (κ3) is 6.24. The molecule has 0 spiro atoms. The Morgan fingerprint density at radius 2 is 1.97 bits per heavy atom. The Morgan fingerprint density at radius 1 is 1.17 bits per heavy atom. The van der Waals surface area contributed by atoms with Gasteiger partial charge in [-0.1, -0.05) is 59.8 Å². The zero-order valence-corrected chi connectivity index (χ0v) is 18.0. The van der Waals surface area contributed by atoms with Crippen LogP contribution in [-0.4, -0.2) is 51.5 Å². The molecule has 6 nitrogen and oxygen atoms in total. The summed E-state index contributed by atoms with van der Waals surface area (Å²) in [4.78, 5) is 14.1. The highest BCUT2D eigenvalue weighted by Gasteiger charge is 2.14. The van der Waals surface area contributed by atoms with E-state index in [4.69, 9.17) is 16.3 Å². The second kappa shape index (κ2) is 10.3. The average molecular weight is 431 g/mol. The largest absolute Gasteiger partial charge is 0.492 e. The zero-order valence-electron chi connectivity index (χ0n) is 16.4. The van der Waals surface area contributed by atoms with Crippen LogP contribution in [0.5, 0.6) is 5.75 Å². The van der Waals surface area contributed by atoms with Gasteiger partial charge in [0.15, 0.2) is 5.16 Å². The first-order valence-corrected chi connectivity index (χ1v) is 10.6. The number of ether oxygens (including phenoxy) is 1. The lowest BCUT2D eigenvalue weighted by molar-refractivity contribution is -0.127. The minimum atomic E-state index is 0.0107. The van der Waals surface area contributed by atoms with Gasteiger partial charge in [0.25, 0.3) is 0 Å². The molecule has 29 heavy (non-hydrogen) atoms. The Labute approximate surface area is 179 Å². The van der Waals surface area contributed by atoms with Gasteiger partial charge in [0, 0.05) is 12.1 Å².